The van der Waals surface area contributed by atoms with E-state index in [1.807, 2.05) is 0 Å². The monoisotopic (exact) mass is 536 g/mol. The maximum absolute atomic E-state index is 6.26. The Morgan fingerprint density at radius 1 is 0.825 bits per heavy atom. The summed E-state index contributed by atoms with van der Waals surface area (Å²) in [7, 11) is 0. The van der Waals surface area contributed by atoms with Crippen LogP contribution in [0, 0.1) is 0 Å². The summed E-state index contributed by atoms with van der Waals surface area (Å²) in [4.78, 5) is 0. The minimum absolute atomic E-state index is 0.0910. The predicted octanol–water partition coefficient (Wildman–Crippen LogP) is 9.63. The third-order valence-corrected chi connectivity index (χ3v) is 9.57. The van der Waals surface area contributed by atoms with Crippen molar-refractivity contribution in [2.45, 2.75) is 110 Å². The van der Waals surface area contributed by atoms with Gasteiger partial charge >= 0.3 is 0 Å². The molecule has 1 aliphatic heterocycles. The molecule has 3 heterocycles. The summed E-state index contributed by atoms with van der Waals surface area (Å²) < 4.78 is 8.79. The van der Waals surface area contributed by atoms with Gasteiger partial charge < -0.3 is 4.42 Å². The fourth-order valence-corrected chi connectivity index (χ4v) is 7.07. The molecule has 40 heavy (non-hydrogen) atoms. The highest BCUT2D eigenvalue weighted by Gasteiger charge is 2.50. The highest BCUT2D eigenvalue weighted by Crippen LogP contribution is 2.47. The van der Waals surface area contributed by atoms with E-state index in [0.29, 0.717) is 17.7 Å². The topological polar surface area (TPSA) is 42.8 Å². The molecule has 5 rings (SSSR count). The molecular formula is C36H46N3O+. The molecule has 1 unspecified atom stereocenters. The minimum Gasteiger partial charge on any atom is -0.416 e. The van der Waals surface area contributed by atoms with Crippen LogP contribution in [0.3, 0.4) is 0 Å². The first-order chi connectivity index (χ1) is 19.4. The van der Waals surface area contributed by atoms with Gasteiger partial charge in [0.1, 0.15) is 0 Å². The van der Waals surface area contributed by atoms with Crippen LogP contribution in [-0.4, -0.2) is 10.2 Å². The van der Waals surface area contributed by atoms with Crippen molar-refractivity contribution < 1.29 is 8.98 Å². The van der Waals surface area contributed by atoms with Crippen molar-refractivity contribution in [1.29, 1.82) is 0 Å². The van der Waals surface area contributed by atoms with Gasteiger partial charge in [0.25, 0.3) is 0 Å². The molecule has 0 spiro atoms. The molecule has 0 saturated carbocycles. The lowest BCUT2D eigenvalue weighted by molar-refractivity contribution is -0.762. The highest BCUT2D eigenvalue weighted by atomic mass is 16.4. The van der Waals surface area contributed by atoms with Crippen LogP contribution >= 0.6 is 0 Å². The first-order valence-electron chi connectivity index (χ1n) is 15.5. The van der Waals surface area contributed by atoms with E-state index in [-0.39, 0.29) is 11.0 Å². The van der Waals surface area contributed by atoms with Crippen molar-refractivity contribution in [2.75, 3.05) is 0 Å². The van der Waals surface area contributed by atoms with Crippen molar-refractivity contribution in [2.24, 2.45) is 0 Å². The Bertz CT molecular complexity index is 1430. The van der Waals surface area contributed by atoms with Crippen molar-refractivity contribution in [1.82, 2.24) is 10.2 Å². The van der Waals surface area contributed by atoms with E-state index in [2.05, 4.69) is 123 Å². The van der Waals surface area contributed by atoms with E-state index in [0.717, 1.165) is 30.4 Å². The van der Waals surface area contributed by atoms with Gasteiger partial charge in [-0.1, -0.05) is 85.4 Å². The van der Waals surface area contributed by atoms with Gasteiger partial charge in [0.05, 0.1) is 5.56 Å². The molecular weight excluding hydrogens is 490 g/mol. The molecule has 0 fully saturated rings. The van der Waals surface area contributed by atoms with Crippen LogP contribution in [0.5, 0.6) is 0 Å². The summed E-state index contributed by atoms with van der Waals surface area (Å²) in [6.45, 7) is 13.9. The molecule has 0 bridgehead atoms. The van der Waals surface area contributed by atoms with Crippen LogP contribution in [0.15, 0.2) is 71.3 Å². The van der Waals surface area contributed by atoms with E-state index in [9.17, 15) is 0 Å². The highest BCUT2D eigenvalue weighted by molar-refractivity contribution is 5.71. The fourth-order valence-electron chi connectivity index (χ4n) is 7.07. The summed E-state index contributed by atoms with van der Waals surface area (Å²) in [5.41, 5.74) is 7.50. The van der Waals surface area contributed by atoms with E-state index in [4.69, 9.17) is 4.42 Å². The van der Waals surface area contributed by atoms with E-state index >= 15 is 0 Å². The predicted molar refractivity (Wildman–Crippen MR) is 164 cm³/mol. The molecule has 4 aromatic rings. The first kappa shape index (κ1) is 28.3. The molecule has 0 aliphatic carbocycles. The summed E-state index contributed by atoms with van der Waals surface area (Å²) in [6, 6.07) is 22.0. The lowest BCUT2D eigenvalue weighted by atomic mass is 9.69. The molecule has 0 amide bonds. The van der Waals surface area contributed by atoms with E-state index in [1.54, 1.807) is 0 Å². The number of pyridine rings is 1. The van der Waals surface area contributed by atoms with Gasteiger partial charge in [0, 0.05) is 42.0 Å². The van der Waals surface area contributed by atoms with Crippen molar-refractivity contribution in [3.63, 3.8) is 0 Å². The number of fused-ring (bicyclic) bond motifs is 3. The Labute approximate surface area is 240 Å². The van der Waals surface area contributed by atoms with Gasteiger partial charge in [0.2, 0.25) is 17.5 Å². The molecule has 1 atom stereocenters. The molecule has 2 aromatic carbocycles. The Morgan fingerprint density at radius 2 is 1.52 bits per heavy atom. The number of aromatic nitrogens is 3. The number of hydrogen-bond acceptors (Lipinski definition) is 3. The lowest BCUT2D eigenvalue weighted by Crippen LogP contribution is -2.62. The maximum atomic E-state index is 6.26. The van der Waals surface area contributed by atoms with Crippen molar-refractivity contribution in [3.05, 3.63) is 78.0 Å². The molecule has 4 heteroatoms. The van der Waals surface area contributed by atoms with Gasteiger partial charge in [0.15, 0.2) is 11.7 Å². The SMILES string of the molecule is CCCCCCC(C)(C)c1ccc(-c2nnc(-c3ccc4c(c3)-c3cccc[n+]3C(CC)(CC)C4CC)o2)cc1. The molecule has 2 aromatic heterocycles. The van der Waals surface area contributed by atoms with Gasteiger partial charge in [-0.15, -0.1) is 10.2 Å². The average molecular weight is 537 g/mol. The molecule has 210 valence electrons. The maximum Gasteiger partial charge on any atom is 0.248 e. The van der Waals surface area contributed by atoms with Crippen LogP contribution < -0.4 is 4.57 Å². The van der Waals surface area contributed by atoms with Gasteiger partial charge in [-0.3, -0.25) is 0 Å². The summed E-state index contributed by atoms with van der Waals surface area (Å²) in [5, 5.41) is 8.91. The Morgan fingerprint density at radius 3 is 2.20 bits per heavy atom. The quantitative estimate of drug-likeness (QED) is 0.142. The van der Waals surface area contributed by atoms with Crippen molar-refractivity contribution >= 4 is 0 Å². The number of hydrogen-bond donors (Lipinski definition) is 0. The molecule has 0 radical (unpaired) electrons. The average Bonchev–Trinajstić information content (AvgIpc) is 3.49. The summed E-state index contributed by atoms with van der Waals surface area (Å²) in [6.07, 6.45) is 12.0. The number of rotatable bonds is 11. The van der Waals surface area contributed by atoms with E-state index in [1.165, 1.54) is 54.5 Å². The number of benzene rings is 2. The third-order valence-electron chi connectivity index (χ3n) is 9.57. The Balaban J connectivity index is 1.43. The molecule has 0 saturated heterocycles. The summed E-state index contributed by atoms with van der Waals surface area (Å²) >= 11 is 0. The second-order valence-corrected chi connectivity index (χ2v) is 12.2. The molecule has 0 N–H and O–H groups in total. The lowest BCUT2D eigenvalue weighted by Gasteiger charge is -2.39. The zero-order valence-corrected chi connectivity index (χ0v) is 25.3. The van der Waals surface area contributed by atoms with Crippen LogP contribution in [0.2, 0.25) is 0 Å². The van der Waals surface area contributed by atoms with Gasteiger partial charge in [-0.2, -0.15) is 4.57 Å². The third kappa shape index (κ3) is 5.02. The molecule has 1 aliphatic rings. The smallest absolute Gasteiger partial charge is 0.248 e. The normalized spacial score (nSPS) is 16.0. The largest absolute Gasteiger partial charge is 0.416 e. The van der Waals surface area contributed by atoms with Gasteiger partial charge in [-0.25, -0.2) is 0 Å². The second-order valence-electron chi connectivity index (χ2n) is 12.2. The standard InChI is InChI=1S/C36H46N3O/c1-7-11-12-14-23-35(5,6)28-20-17-26(18-21-28)33-37-38-34(40-33)27-19-22-29-30(25-27)32-16-13-15-24-39(32)36(9-3,10-4)31(29)8-2/h13,15-22,24-25,31H,7-12,14,23H2,1-6H3/q+1. The minimum atomic E-state index is 0.0910. The summed E-state index contributed by atoms with van der Waals surface area (Å²) in [5.74, 6) is 1.59. The van der Waals surface area contributed by atoms with Crippen LogP contribution in [0.1, 0.15) is 110 Å². The Kier molecular flexibility index (Phi) is 8.26. The number of unbranched alkanes of at least 4 members (excludes halogenated alkanes) is 3. The number of nitrogens with zero attached hydrogens (tertiary/aromatic N) is 3. The molecule has 4 nitrogen and oxygen atoms in total. The second kappa shape index (κ2) is 11.7. The van der Waals surface area contributed by atoms with Crippen LogP contribution in [0.4, 0.5) is 0 Å². The van der Waals surface area contributed by atoms with Crippen LogP contribution in [0.25, 0.3) is 34.2 Å². The van der Waals surface area contributed by atoms with Gasteiger partial charge in [-0.05, 0) is 59.7 Å². The van der Waals surface area contributed by atoms with Crippen molar-refractivity contribution in [3.8, 4) is 34.2 Å². The Hall–Kier alpha value is -3.27. The zero-order chi connectivity index (χ0) is 28.3. The zero-order valence-electron chi connectivity index (χ0n) is 25.3. The van der Waals surface area contributed by atoms with Crippen LogP contribution in [-0.2, 0) is 11.0 Å². The fraction of sp³-hybridized carbons (Fsp3) is 0.472. The van der Waals surface area contributed by atoms with E-state index < -0.39 is 0 Å². The first-order valence-corrected chi connectivity index (χ1v) is 15.5.